The van der Waals surface area contributed by atoms with Crippen LogP contribution in [0.1, 0.15) is 0 Å². The summed E-state index contributed by atoms with van der Waals surface area (Å²) >= 11 is 0. The van der Waals surface area contributed by atoms with Gasteiger partial charge in [0.2, 0.25) is 0 Å². The molecule has 0 aliphatic carbocycles. The maximum atomic E-state index is 4.87. The second-order valence-corrected chi connectivity index (χ2v) is 1.71. The van der Waals surface area contributed by atoms with E-state index in [-0.39, 0.29) is 98.1 Å². The molecule has 1 aromatic rings. The Morgan fingerprint density at radius 2 is 1.15 bits per heavy atom. The third-order valence-electron chi connectivity index (χ3n) is 1.13. The standard InChI is InChI=1S/C8H8O2.3Y/c1-9-7-3-5-8(10-2)6-4-7;;;/h3,6H,1-2H3;;;/q-2;;;. The first-order valence-electron chi connectivity index (χ1n) is 2.88. The zero-order chi connectivity index (χ0) is 7.40. The van der Waals surface area contributed by atoms with Crippen LogP contribution >= 0.6 is 0 Å². The zero-order valence-corrected chi connectivity index (χ0v) is 16.2. The number of rotatable bonds is 2. The second-order valence-electron chi connectivity index (χ2n) is 1.71. The van der Waals surface area contributed by atoms with Gasteiger partial charge in [-0.3, -0.25) is 12.1 Å². The van der Waals surface area contributed by atoms with Gasteiger partial charge in [-0.25, -0.2) is 12.1 Å². The average molecular weight is 403 g/mol. The van der Waals surface area contributed by atoms with Gasteiger partial charge in [-0.15, -0.1) is 11.5 Å². The molecular weight excluding hydrogens is 395 g/mol. The van der Waals surface area contributed by atoms with Gasteiger partial charge in [0.1, 0.15) is 0 Å². The Morgan fingerprint density at radius 3 is 1.31 bits per heavy atom. The first-order valence-corrected chi connectivity index (χ1v) is 2.88. The predicted octanol–water partition coefficient (Wildman–Crippen LogP) is 1.30. The summed E-state index contributed by atoms with van der Waals surface area (Å²) in [6.07, 6.45) is 0. The summed E-state index contributed by atoms with van der Waals surface area (Å²) in [6, 6.07) is 9.08. The van der Waals surface area contributed by atoms with Crippen LogP contribution in [0, 0.1) is 12.1 Å². The molecule has 63 valence electrons. The predicted molar refractivity (Wildman–Crippen MR) is 37.2 cm³/mol. The molecule has 0 unspecified atom stereocenters. The summed E-state index contributed by atoms with van der Waals surface area (Å²) in [5.74, 6) is 1.33. The summed E-state index contributed by atoms with van der Waals surface area (Å²) < 4.78 is 9.74. The molecule has 1 rings (SSSR count). The van der Waals surface area contributed by atoms with E-state index in [0.29, 0.717) is 11.5 Å². The van der Waals surface area contributed by atoms with Crippen molar-refractivity contribution in [2.75, 3.05) is 14.2 Å². The molecule has 0 fully saturated rings. The second kappa shape index (κ2) is 12.2. The number of hydrogen-bond acceptors (Lipinski definition) is 2. The minimum absolute atomic E-state index is 0. The Morgan fingerprint density at radius 1 is 0.846 bits per heavy atom. The summed E-state index contributed by atoms with van der Waals surface area (Å²) in [6.45, 7) is 0. The van der Waals surface area contributed by atoms with E-state index in [4.69, 9.17) is 9.47 Å². The molecule has 2 nitrogen and oxygen atoms in total. The van der Waals surface area contributed by atoms with Crippen molar-refractivity contribution in [1.29, 1.82) is 0 Å². The molecule has 0 aliphatic heterocycles. The number of methoxy groups -OCH3 is 2. The van der Waals surface area contributed by atoms with Gasteiger partial charge in [-0.2, -0.15) is 0 Å². The Bertz CT molecular complexity index is 178. The van der Waals surface area contributed by atoms with E-state index in [0.717, 1.165) is 0 Å². The van der Waals surface area contributed by atoms with Crippen LogP contribution in [0.3, 0.4) is 0 Å². The summed E-state index contributed by atoms with van der Waals surface area (Å²) in [5, 5.41) is 0. The zero-order valence-electron chi connectivity index (χ0n) is 7.70. The van der Waals surface area contributed by atoms with Crippen molar-refractivity contribution in [1.82, 2.24) is 0 Å². The number of benzene rings is 1. The van der Waals surface area contributed by atoms with E-state index >= 15 is 0 Å². The molecule has 0 N–H and O–H groups in total. The van der Waals surface area contributed by atoms with Crippen molar-refractivity contribution in [3.63, 3.8) is 0 Å². The van der Waals surface area contributed by atoms with Crippen LogP contribution in [0.2, 0.25) is 0 Å². The molecule has 0 spiro atoms. The fourth-order valence-corrected chi connectivity index (χ4v) is 0.592. The van der Waals surface area contributed by atoms with Crippen molar-refractivity contribution >= 4 is 0 Å². The minimum Gasteiger partial charge on any atom is -0.579 e. The molecule has 0 amide bonds. The molecule has 0 bridgehead atoms. The minimum atomic E-state index is 0. The molecule has 1 aromatic carbocycles. The molecule has 0 saturated heterocycles. The molecule has 0 atom stereocenters. The quantitative estimate of drug-likeness (QED) is 0.694. The molecular formula is C8H8O2Y3-2. The van der Waals surface area contributed by atoms with Crippen molar-refractivity contribution in [3.8, 4) is 11.5 Å². The SMILES string of the molecule is COc1[c-]cc(OC)[c-]c1.[Y].[Y].[Y]. The van der Waals surface area contributed by atoms with Crippen molar-refractivity contribution in [2.45, 2.75) is 0 Å². The number of hydrogen-bond donors (Lipinski definition) is 0. The fourth-order valence-electron chi connectivity index (χ4n) is 0.592. The van der Waals surface area contributed by atoms with Crippen LogP contribution in [-0.4, -0.2) is 14.2 Å². The van der Waals surface area contributed by atoms with Gasteiger partial charge in [0.05, 0.1) is 14.2 Å². The van der Waals surface area contributed by atoms with E-state index in [9.17, 15) is 0 Å². The van der Waals surface area contributed by atoms with E-state index in [1.807, 2.05) is 0 Å². The Labute approximate surface area is 155 Å². The molecule has 0 aliphatic rings. The van der Waals surface area contributed by atoms with Gasteiger partial charge in [0.25, 0.3) is 0 Å². The summed E-state index contributed by atoms with van der Waals surface area (Å²) in [5.41, 5.74) is 0. The van der Waals surface area contributed by atoms with Crippen LogP contribution in [0.5, 0.6) is 11.5 Å². The van der Waals surface area contributed by atoms with Gasteiger partial charge < -0.3 is 9.47 Å². The maximum absolute atomic E-state index is 4.87. The smallest absolute Gasteiger partial charge is 0.0575 e. The molecule has 0 heterocycles. The topological polar surface area (TPSA) is 18.5 Å². The van der Waals surface area contributed by atoms with E-state index in [1.165, 1.54) is 0 Å². The summed E-state index contributed by atoms with van der Waals surface area (Å²) in [7, 11) is 3.18. The number of ether oxygens (including phenoxy) is 2. The fraction of sp³-hybridized carbons (Fsp3) is 0.250. The van der Waals surface area contributed by atoms with Crippen LogP contribution in [0.15, 0.2) is 12.1 Å². The van der Waals surface area contributed by atoms with Gasteiger partial charge >= 0.3 is 0 Å². The molecule has 13 heavy (non-hydrogen) atoms. The maximum Gasteiger partial charge on any atom is 0.0575 e. The van der Waals surface area contributed by atoms with Crippen LogP contribution in [0.25, 0.3) is 0 Å². The van der Waals surface area contributed by atoms with Crippen molar-refractivity contribution < 1.29 is 108 Å². The van der Waals surface area contributed by atoms with Crippen molar-refractivity contribution in [3.05, 3.63) is 24.3 Å². The van der Waals surface area contributed by atoms with E-state index in [1.54, 1.807) is 26.4 Å². The van der Waals surface area contributed by atoms with Crippen LogP contribution in [-0.2, 0) is 98.1 Å². The van der Waals surface area contributed by atoms with E-state index in [2.05, 4.69) is 12.1 Å². The first kappa shape index (κ1) is 20.5. The molecule has 0 saturated carbocycles. The van der Waals surface area contributed by atoms with Gasteiger partial charge in [-0.05, 0) is 0 Å². The van der Waals surface area contributed by atoms with Crippen LogP contribution < -0.4 is 9.47 Å². The average Bonchev–Trinajstić information content (AvgIpc) is 2.05. The Balaban J connectivity index is -0.000000333. The van der Waals surface area contributed by atoms with Gasteiger partial charge in [0, 0.05) is 98.1 Å². The van der Waals surface area contributed by atoms with Crippen LogP contribution in [0.4, 0.5) is 0 Å². The van der Waals surface area contributed by atoms with Gasteiger partial charge in [0.15, 0.2) is 0 Å². The Kier molecular flexibility index (Phi) is 19.3. The van der Waals surface area contributed by atoms with E-state index < -0.39 is 0 Å². The third kappa shape index (κ3) is 7.99. The third-order valence-corrected chi connectivity index (χ3v) is 1.13. The molecule has 3 radical (unpaired) electrons. The summed E-state index contributed by atoms with van der Waals surface area (Å²) in [4.78, 5) is 0. The Hall–Kier alpha value is 2.13. The largest absolute Gasteiger partial charge is 0.579 e. The molecule has 5 heteroatoms. The normalized spacial score (nSPS) is 6.92. The monoisotopic (exact) mass is 403 g/mol. The van der Waals surface area contributed by atoms with Crippen molar-refractivity contribution in [2.24, 2.45) is 0 Å². The van der Waals surface area contributed by atoms with Gasteiger partial charge in [-0.1, -0.05) is 0 Å². The molecule has 0 aromatic heterocycles. The first-order chi connectivity index (χ1) is 4.86.